The number of aryl methyl sites for hydroxylation is 1. The van der Waals surface area contributed by atoms with E-state index in [0.717, 1.165) is 28.8 Å². The largest absolute Gasteiger partial charge is 0.350 e. The lowest BCUT2D eigenvalue weighted by molar-refractivity contribution is 0.0962. The van der Waals surface area contributed by atoms with Gasteiger partial charge in [0.25, 0.3) is 0 Å². The highest BCUT2D eigenvalue weighted by Crippen LogP contribution is 2.26. The number of ketones is 1. The number of carbonyl (C=O) groups is 1. The Balaban J connectivity index is 1.55. The molecule has 0 atom stereocenters. The Morgan fingerprint density at radius 3 is 2.62 bits per heavy atom. The molecule has 0 radical (unpaired) electrons. The van der Waals surface area contributed by atoms with Gasteiger partial charge in [-0.15, -0.1) is 0 Å². The minimum Gasteiger partial charge on any atom is -0.350 e. The highest BCUT2D eigenvalue weighted by molar-refractivity contribution is 6.08. The molecule has 3 nitrogen and oxygen atoms in total. The summed E-state index contributed by atoms with van der Waals surface area (Å²) in [4.78, 5) is 15.3. The molecular weight excluding hydrogens is 296 g/mol. The molecule has 130 valence electrons. The standard InChI is InChI=1S/C21H30N2O/c1-16(2)14-23-12-10-17(11-13-23)8-9-21(24)19-15-22(3)20-7-5-4-6-18(19)20/h4-7,15-17H,8-14H2,1-3H3. The number of nitrogens with zero attached hydrogens (tertiary/aromatic N) is 2. The van der Waals surface area contributed by atoms with E-state index < -0.39 is 0 Å². The van der Waals surface area contributed by atoms with Gasteiger partial charge in [-0.1, -0.05) is 32.0 Å². The molecule has 1 aromatic carbocycles. The third kappa shape index (κ3) is 3.89. The Hall–Kier alpha value is -1.61. The molecular formula is C21H30N2O. The van der Waals surface area contributed by atoms with E-state index in [-0.39, 0.29) is 0 Å². The zero-order chi connectivity index (χ0) is 17.1. The van der Waals surface area contributed by atoms with E-state index in [1.807, 2.05) is 25.4 Å². The molecule has 1 aliphatic rings. The van der Waals surface area contributed by atoms with Crippen molar-refractivity contribution in [2.75, 3.05) is 19.6 Å². The Kier molecular flexibility index (Phi) is 5.40. The van der Waals surface area contributed by atoms with Crippen molar-refractivity contribution in [1.82, 2.24) is 9.47 Å². The number of hydrogen-bond donors (Lipinski definition) is 0. The van der Waals surface area contributed by atoms with Crippen molar-refractivity contribution in [3.8, 4) is 0 Å². The normalized spacial score (nSPS) is 17.0. The summed E-state index contributed by atoms with van der Waals surface area (Å²) in [6.07, 6.45) is 6.21. The van der Waals surface area contributed by atoms with Crippen molar-refractivity contribution in [3.05, 3.63) is 36.0 Å². The summed E-state index contributed by atoms with van der Waals surface area (Å²) < 4.78 is 2.06. The molecule has 0 unspecified atom stereocenters. The molecule has 0 saturated carbocycles. The van der Waals surface area contributed by atoms with Crippen LogP contribution in [0.2, 0.25) is 0 Å². The summed E-state index contributed by atoms with van der Waals surface area (Å²) in [6.45, 7) is 8.18. The molecule has 0 N–H and O–H groups in total. The SMILES string of the molecule is CC(C)CN1CCC(CCC(=O)c2cn(C)c3ccccc23)CC1. The number of carbonyl (C=O) groups excluding carboxylic acids is 1. The van der Waals surface area contributed by atoms with Gasteiger partial charge in [0.2, 0.25) is 0 Å². The molecule has 1 aromatic heterocycles. The molecule has 2 heterocycles. The van der Waals surface area contributed by atoms with Crippen LogP contribution in [0, 0.1) is 11.8 Å². The smallest absolute Gasteiger partial charge is 0.165 e. The van der Waals surface area contributed by atoms with Crippen LogP contribution in [0.4, 0.5) is 0 Å². The van der Waals surface area contributed by atoms with Gasteiger partial charge >= 0.3 is 0 Å². The molecule has 1 fully saturated rings. The molecule has 3 heteroatoms. The van der Waals surface area contributed by atoms with E-state index in [0.29, 0.717) is 18.1 Å². The lowest BCUT2D eigenvalue weighted by atomic mass is 9.90. The van der Waals surface area contributed by atoms with Gasteiger partial charge in [0.05, 0.1) is 0 Å². The van der Waals surface area contributed by atoms with Crippen molar-refractivity contribution in [2.45, 2.75) is 39.5 Å². The maximum Gasteiger partial charge on any atom is 0.165 e. The zero-order valence-electron chi connectivity index (χ0n) is 15.3. The van der Waals surface area contributed by atoms with Crippen LogP contribution in [0.1, 0.15) is 49.9 Å². The molecule has 3 rings (SSSR count). The number of likely N-dealkylation sites (tertiary alicyclic amines) is 1. The lowest BCUT2D eigenvalue weighted by Gasteiger charge is -2.32. The molecule has 24 heavy (non-hydrogen) atoms. The van der Waals surface area contributed by atoms with E-state index in [4.69, 9.17) is 0 Å². The minimum absolute atomic E-state index is 0.302. The van der Waals surface area contributed by atoms with Crippen LogP contribution in [-0.4, -0.2) is 34.9 Å². The van der Waals surface area contributed by atoms with Crippen LogP contribution in [0.15, 0.2) is 30.5 Å². The fraction of sp³-hybridized carbons (Fsp3) is 0.571. The van der Waals surface area contributed by atoms with Crippen LogP contribution in [0.3, 0.4) is 0 Å². The predicted molar refractivity (Wildman–Crippen MR) is 100 cm³/mol. The summed E-state index contributed by atoms with van der Waals surface area (Å²) in [5, 5.41) is 1.09. The Morgan fingerprint density at radius 1 is 1.21 bits per heavy atom. The van der Waals surface area contributed by atoms with Crippen LogP contribution in [-0.2, 0) is 7.05 Å². The molecule has 0 bridgehead atoms. The first-order valence-electron chi connectivity index (χ1n) is 9.34. The number of hydrogen-bond acceptors (Lipinski definition) is 2. The molecule has 0 spiro atoms. The summed E-state index contributed by atoms with van der Waals surface area (Å²) >= 11 is 0. The fourth-order valence-electron chi connectivity index (χ4n) is 4.01. The second-order valence-corrected chi connectivity index (χ2v) is 7.77. The maximum absolute atomic E-state index is 12.7. The van der Waals surface area contributed by atoms with Crippen molar-refractivity contribution in [3.63, 3.8) is 0 Å². The number of aromatic nitrogens is 1. The van der Waals surface area contributed by atoms with E-state index in [9.17, 15) is 4.79 Å². The van der Waals surface area contributed by atoms with E-state index in [2.05, 4.69) is 35.4 Å². The first-order valence-corrected chi connectivity index (χ1v) is 9.34. The average Bonchev–Trinajstić information content (AvgIpc) is 2.91. The lowest BCUT2D eigenvalue weighted by Crippen LogP contribution is -2.36. The number of para-hydroxylation sites is 1. The number of piperidine rings is 1. The van der Waals surface area contributed by atoms with Crippen LogP contribution in [0.5, 0.6) is 0 Å². The third-order valence-electron chi connectivity index (χ3n) is 5.31. The van der Waals surface area contributed by atoms with Gasteiger partial charge < -0.3 is 9.47 Å². The number of Topliss-reactive ketones (excluding diaryl/α,β-unsaturated/α-hetero) is 1. The zero-order valence-corrected chi connectivity index (χ0v) is 15.3. The van der Waals surface area contributed by atoms with E-state index in [1.54, 1.807) is 0 Å². The third-order valence-corrected chi connectivity index (χ3v) is 5.31. The Labute approximate surface area is 145 Å². The summed E-state index contributed by atoms with van der Waals surface area (Å²) in [5.41, 5.74) is 2.04. The summed E-state index contributed by atoms with van der Waals surface area (Å²) in [5.74, 6) is 1.76. The van der Waals surface area contributed by atoms with Crippen LogP contribution in [0.25, 0.3) is 10.9 Å². The van der Waals surface area contributed by atoms with Gasteiger partial charge in [-0.2, -0.15) is 0 Å². The predicted octanol–water partition coefficient (Wildman–Crippen LogP) is 4.51. The van der Waals surface area contributed by atoms with E-state index in [1.165, 1.54) is 32.5 Å². The number of fused-ring (bicyclic) bond motifs is 1. The first-order chi connectivity index (χ1) is 11.5. The van der Waals surface area contributed by atoms with Gasteiger partial charge in [0.15, 0.2) is 5.78 Å². The van der Waals surface area contributed by atoms with Gasteiger partial charge in [-0.05, 0) is 50.3 Å². The van der Waals surface area contributed by atoms with Crippen molar-refractivity contribution >= 4 is 16.7 Å². The van der Waals surface area contributed by atoms with Crippen molar-refractivity contribution in [1.29, 1.82) is 0 Å². The monoisotopic (exact) mass is 326 g/mol. The molecule has 0 aliphatic carbocycles. The fourth-order valence-corrected chi connectivity index (χ4v) is 4.01. The quantitative estimate of drug-likeness (QED) is 0.730. The number of benzene rings is 1. The molecule has 1 saturated heterocycles. The van der Waals surface area contributed by atoms with Crippen molar-refractivity contribution < 1.29 is 4.79 Å². The second-order valence-electron chi connectivity index (χ2n) is 7.77. The maximum atomic E-state index is 12.7. The highest BCUT2D eigenvalue weighted by Gasteiger charge is 2.21. The summed E-state index contributed by atoms with van der Waals surface area (Å²) in [6, 6.07) is 8.19. The van der Waals surface area contributed by atoms with E-state index >= 15 is 0 Å². The topological polar surface area (TPSA) is 25.2 Å². The number of rotatable bonds is 6. The van der Waals surface area contributed by atoms with Gasteiger partial charge in [-0.3, -0.25) is 4.79 Å². The minimum atomic E-state index is 0.302. The van der Waals surface area contributed by atoms with Gasteiger partial charge in [0.1, 0.15) is 0 Å². The highest BCUT2D eigenvalue weighted by atomic mass is 16.1. The average molecular weight is 326 g/mol. The van der Waals surface area contributed by atoms with Gasteiger partial charge in [0, 0.05) is 42.7 Å². The molecule has 0 amide bonds. The first kappa shape index (κ1) is 17.2. The van der Waals surface area contributed by atoms with Gasteiger partial charge in [-0.25, -0.2) is 0 Å². The van der Waals surface area contributed by atoms with Crippen molar-refractivity contribution in [2.24, 2.45) is 18.9 Å². The Morgan fingerprint density at radius 2 is 1.92 bits per heavy atom. The second kappa shape index (κ2) is 7.52. The Bertz CT molecular complexity index is 693. The van der Waals surface area contributed by atoms with Crippen LogP contribution < -0.4 is 0 Å². The molecule has 1 aliphatic heterocycles. The summed E-state index contributed by atoms with van der Waals surface area (Å²) in [7, 11) is 2.02. The molecule has 2 aromatic rings. The van der Waals surface area contributed by atoms with Crippen LogP contribution >= 0.6 is 0 Å².